The molecule has 2 N–H and O–H groups in total. The molecule has 1 aliphatic rings. The number of hydrogen-bond donors (Lipinski definition) is 2. The molecule has 38 heavy (non-hydrogen) atoms. The molecule has 2 amide bonds. The van der Waals surface area contributed by atoms with Crippen molar-refractivity contribution >= 4 is 38.9 Å². The van der Waals surface area contributed by atoms with Crippen LogP contribution in [-0.4, -0.2) is 99.0 Å². The van der Waals surface area contributed by atoms with Crippen molar-refractivity contribution in [2.45, 2.75) is 43.0 Å². The average molecular weight is 567 g/mol. The number of carbonyl (C=O) groups excluding carboxylic acids is 2. The molecule has 1 aliphatic heterocycles. The third-order valence-electron chi connectivity index (χ3n) is 6.55. The summed E-state index contributed by atoms with van der Waals surface area (Å²) in [6.45, 7) is 4.54. The number of aliphatic hydroxyl groups excluding tert-OH is 1. The second-order valence-electron chi connectivity index (χ2n) is 10.0. The normalized spacial score (nSPS) is 19.1. The fraction of sp³-hybridized carbons (Fsp3) is 0.538. The lowest BCUT2D eigenvalue weighted by Crippen LogP contribution is -2.50. The fourth-order valence-corrected chi connectivity index (χ4v) is 6.60. The molecule has 210 valence electrons. The van der Waals surface area contributed by atoms with Crippen molar-refractivity contribution in [2.75, 3.05) is 52.7 Å². The van der Waals surface area contributed by atoms with Gasteiger partial charge in [-0.15, -0.1) is 11.3 Å². The third kappa shape index (κ3) is 7.32. The Morgan fingerprint density at radius 2 is 2.03 bits per heavy atom. The minimum Gasteiger partial charge on any atom is -0.488 e. The highest BCUT2D eigenvalue weighted by atomic mass is 32.2. The van der Waals surface area contributed by atoms with Crippen LogP contribution in [0.15, 0.2) is 39.9 Å². The summed E-state index contributed by atoms with van der Waals surface area (Å²) in [7, 11) is 1.71. The second kappa shape index (κ2) is 13.0. The quantitative estimate of drug-likeness (QED) is 0.429. The van der Waals surface area contributed by atoms with Gasteiger partial charge in [0.2, 0.25) is 5.91 Å². The molecule has 1 aromatic carbocycles. The van der Waals surface area contributed by atoms with Gasteiger partial charge in [-0.1, -0.05) is 13.0 Å². The number of sulfonamides is 1. The smallest absolute Gasteiger partial charge is 0.258 e. The van der Waals surface area contributed by atoms with Crippen LogP contribution < -0.4 is 10.1 Å². The van der Waals surface area contributed by atoms with Gasteiger partial charge in [0.25, 0.3) is 15.9 Å². The van der Waals surface area contributed by atoms with Crippen molar-refractivity contribution in [1.82, 2.24) is 14.1 Å². The van der Waals surface area contributed by atoms with Crippen LogP contribution in [0.5, 0.6) is 5.75 Å². The van der Waals surface area contributed by atoms with Crippen LogP contribution in [0.1, 0.15) is 37.0 Å². The summed E-state index contributed by atoms with van der Waals surface area (Å²) >= 11 is 1.15. The van der Waals surface area contributed by atoms with Crippen molar-refractivity contribution in [3.63, 3.8) is 0 Å². The van der Waals surface area contributed by atoms with Crippen LogP contribution in [0.2, 0.25) is 0 Å². The van der Waals surface area contributed by atoms with Gasteiger partial charge in [0, 0.05) is 31.6 Å². The zero-order valence-electron chi connectivity index (χ0n) is 22.6. The molecule has 3 rings (SSSR count). The molecule has 2 aromatic rings. The minimum absolute atomic E-state index is 0.0702. The fourth-order valence-electron chi connectivity index (χ4n) is 4.21. The van der Waals surface area contributed by atoms with Gasteiger partial charge in [-0.3, -0.25) is 9.59 Å². The number of nitrogens with zero attached hydrogens (tertiary/aromatic N) is 3. The highest BCUT2D eigenvalue weighted by molar-refractivity contribution is 7.91. The van der Waals surface area contributed by atoms with E-state index in [0.717, 1.165) is 17.9 Å². The number of nitrogens with one attached hydrogen (secondary N) is 1. The van der Waals surface area contributed by atoms with Gasteiger partial charge < -0.3 is 25.0 Å². The molecular formula is C26H38N4O6S2. The summed E-state index contributed by atoms with van der Waals surface area (Å²) in [5.74, 6) is -0.416. The minimum atomic E-state index is -3.69. The molecule has 3 atom stereocenters. The van der Waals surface area contributed by atoms with Crippen molar-refractivity contribution < 1.29 is 27.9 Å². The first-order valence-electron chi connectivity index (χ1n) is 12.6. The monoisotopic (exact) mass is 566 g/mol. The van der Waals surface area contributed by atoms with E-state index in [2.05, 4.69) is 5.32 Å². The molecule has 2 heterocycles. The van der Waals surface area contributed by atoms with Gasteiger partial charge >= 0.3 is 0 Å². The van der Waals surface area contributed by atoms with E-state index in [-0.39, 0.29) is 47.2 Å². The average Bonchev–Trinajstić information content (AvgIpc) is 3.42. The predicted molar refractivity (Wildman–Crippen MR) is 148 cm³/mol. The van der Waals surface area contributed by atoms with Crippen LogP contribution in [0.3, 0.4) is 0 Å². The first-order chi connectivity index (χ1) is 17.9. The van der Waals surface area contributed by atoms with Gasteiger partial charge in [0.15, 0.2) is 0 Å². The van der Waals surface area contributed by atoms with Crippen LogP contribution >= 0.6 is 11.3 Å². The number of thiophene rings is 1. The lowest BCUT2D eigenvalue weighted by molar-refractivity contribution is -0.116. The maximum Gasteiger partial charge on any atom is 0.258 e. The third-order valence-corrected chi connectivity index (χ3v) is 9.75. The van der Waals surface area contributed by atoms with Crippen molar-refractivity contribution in [1.29, 1.82) is 0 Å². The zero-order chi connectivity index (χ0) is 28.0. The molecule has 0 unspecified atom stereocenters. The van der Waals surface area contributed by atoms with Crippen molar-refractivity contribution in [3.8, 4) is 5.75 Å². The lowest BCUT2D eigenvalue weighted by atomic mass is 9.99. The van der Waals surface area contributed by atoms with E-state index in [0.29, 0.717) is 24.3 Å². The number of carbonyl (C=O) groups is 2. The van der Waals surface area contributed by atoms with Crippen LogP contribution in [0.25, 0.3) is 0 Å². The van der Waals surface area contributed by atoms with E-state index >= 15 is 0 Å². The van der Waals surface area contributed by atoms with Gasteiger partial charge in [-0.2, -0.15) is 4.31 Å². The SMILES string of the molecule is C[C@H]1CN([C@@H](C)CO)C(=O)c2cc(NC(=O)CCCN(C)C)ccc2O[C@H]1CN(C)S(=O)(=O)c1cccs1. The molecule has 0 saturated heterocycles. The van der Waals surface area contributed by atoms with Crippen LogP contribution in [0, 0.1) is 5.92 Å². The highest BCUT2D eigenvalue weighted by Gasteiger charge is 2.35. The Morgan fingerprint density at radius 3 is 2.66 bits per heavy atom. The number of ether oxygens (including phenoxy) is 1. The summed E-state index contributed by atoms with van der Waals surface area (Å²) in [4.78, 5) is 29.6. The summed E-state index contributed by atoms with van der Waals surface area (Å²) in [5, 5.41) is 14.4. The lowest BCUT2D eigenvalue weighted by Gasteiger charge is -2.38. The number of rotatable bonds is 11. The Labute approximate surface area is 229 Å². The molecule has 1 aromatic heterocycles. The van der Waals surface area contributed by atoms with Gasteiger partial charge in [0.05, 0.1) is 24.8 Å². The predicted octanol–water partition coefficient (Wildman–Crippen LogP) is 2.57. The molecule has 0 spiro atoms. The molecule has 0 aliphatic carbocycles. The molecule has 0 bridgehead atoms. The first-order valence-corrected chi connectivity index (χ1v) is 14.9. The Kier molecular flexibility index (Phi) is 10.3. The van der Waals surface area contributed by atoms with Crippen LogP contribution in [0.4, 0.5) is 5.69 Å². The van der Waals surface area contributed by atoms with E-state index in [9.17, 15) is 23.1 Å². The molecular weight excluding hydrogens is 528 g/mol. The molecule has 0 saturated carbocycles. The van der Waals surface area contributed by atoms with Gasteiger partial charge in [0.1, 0.15) is 16.1 Å². The summed E-state index contributed by atoms with van der Waals surface area (Å²) in [6, 6.07) is 7.67. The van der Waals surface area contributed by atoms with E-state index in [1.807, 2.05) is 25.9 Å². The number of benzene rings is 1. The van der Waals surface area contributed by atoms with E-state index in [1.165, 1.54) is 11.4 Å². The number of aliphatic hydroxyl groups is 1. The summed E-state index contributed by atoms with van der Waals surface area (Å²) in [5.41, 5.74) is 0.715. The first kappa shape index (κ1) is 30.0. The molecule has 0 fully saturated rings. The number of amides is 2. The van der Waals surface area contributed by atoms with Crippen LogP contribution in [-0.2, 0) is 14.8 Å². The molecule has 12 heteroatoms. The van der Waals surface area contributed by atoms with Gasteiger partial charge in [-0.05, 0) is 63.6 Å². The maximum atomic E-state index is 13.6. The van der Waals surface area contributed by atoms with Crippen molar-refractivity contribution in [3.05, 3.63) is 41.3 Å². The Morgan fingerprint density at radius 1 is 1.29 bits per heavy atom. The Balaban J connectivity index is 1.88. The molecule has 10 nitrogen and oxygen atoms in total. The van der Waals surface area contributed by atoms with E-state index in [1.54, 1.807) is 47.5 Å². The Bertz CT molecular complexity index is 1200. The number of anilines is 1. The standard InChI is InChI=1S/C26H38N4O6S2/c1-18-15-30(19(2)17-31)26(33)21-14-20(27-24(32)8-6-12-28(3)4)10-11-22(21)36-23(18)16-29(5)38(34,35)25-9-7-13-37-25/h7,9-11,13-14,18-19,23,31H,6,8,12,15-17H2,1-5H3,(H,27,32)/t18-,19-,23-/m0/s1. The van der Waals surface area contributed by atoms with E-state index < -0.39 is 22.2 Å². The molecule has 0 radical (unpaired) electrons. The Hall–Kier alpha value is -2.51. The summed E-state index contributed by atoms with van der Waals surface area (Å²) in [6.07, 6.45) is 0.481. The van der Waals surface area contributed by atoms with Crippen molar-refractivity contribution in [2.24, 2.45) is 5.92 Å². The van der Waals surface area contributed by atoms with Gasteiger partial charge in [-0.25, -0.2) is 8.42 Å². The highest BCUT2D eigenvalue weighted by Crippen LogP contribution is 2.31. The second-order valence-corrected chi connectivity index (χ2v) is 13.2. The maximum absolute atomic E-state index is 13.6. The topological polar surface area (TPSA) is 119 Å². The number of fused-ring (bicyclic) bond motifs is 1. The number of likely N-dealkylation sites (N-methyl/N-ethyl adjacent to an activating group) is 1. The number of hydrogen-bond acceptors (Lipinski definition) is 8. The van der Waals surface area contributed by atoms with E-state index in [4.69, 9.17) is 4.74 Å². The largest absolute Gasteiger partial charge is 0.488 e. The summed E-state index contributed by atoms with van der Waals surface area (Å²) < 4.78 is 33.9. The zero-order valence-corrected chi connectivity index (χ0v) is 24.2.